The molecule has 1 aliphatic heterocycles. The zero-order valence-corrected chi connectivity index (χ0v) is 7.56. The maximum absolute atomic E-state index is 8.57. The normalized spacial score (nSPS) is 20.2. The van der Waals surface area contributed by atoms with Crippen molar-refractivity contribution in [3.8, 4) is 12.1 Å². The molecule has 2 nitrogen and oxygen atoms in total. The molecular formula is C9H8N2S. The predicted molar refractivity (Wildman–Crippen MR) is 49.1 cm³/mol. The van der Waals surface area contributed by atoms with Crippen LogP contribution >= 0.6 is 11.8 Å². The van der Waals surface area contributed by atoms with Gasteiger partial charge in [-0.15, -0.1) is 11.8 Å². The molecule has 1 rings (SSSR count). The predicted octanol–water partition coefficient (Wildman–Crippen LogP) is 2.37. The fourth-order valence-electron chi connectivity index (χ4n) is 0.933. The molecule has 60 valence electrons. The van der Waals surface area contributed by atoms with E-state index in [-0.39, 0.29) is 5.57 Å². The Balaban J connectivity index is 2.85. The average molecular weight is 176 g/mol. The highest BCUT2D eigenvalue weighted by molar-refractivity contribution is 8.04. The second kappa shape index (κ2) is 3.99. The van der Waals surface area contributed by atoms with Crippen LogP contribution in [0.5, 0.6) is 0 Å². The van der Waals surface area contributed by atoms with E-state index in [1.165, 1.54) is 0 Å². The molecule has 0 saturated heterocycles. The van der Waals surface area contributed by atoms with Gasteiger partial charge in [0.1, 0.15) is 17.7 Å². The number of thioether (sulfide) groups is 1. The number of rotatable bonds is 1. The first-order chi connectivity index (χ1) is 5.81. The van der Waals surface area contributed by atoms with Crippen LogP contribution in [-0.4, -0.2) is 5.25 Å². The van der Waals surface area contributed by atoms with Gasteiger partial charge in [-0.3, -0.25) is 0 Å². The Morgan fingerprint density at radius 2 is 2.25 bits per heavy atom. The van der Waals surface area contributed by atoms with Crippen LogP contribution in [0.25, 0.3) is 0 Å². The zero-order chi connectivity index (χ0) is 8.97. The number of hydrogen-bond acceptors (Lipinski definition) is 3. The van der Waals surface area contributed by atoms with E-state index in [2.05, 4.69) is 6.92 Å². The van der Waals surface area contributed by atoms with Gasteiger partial charge in [-0.25, -0.2) is 0 Å². The highest BCUT2D eigenvalue weighted by Crippen LogP contribution is 2.34. The molecule has 0 aliphatic carbocycles. The molecule has 1 aliphatic rings. The third-order valence-electron chi connectivity index (χ3n) is 1.61. The van der Waals surface area contributed by atoms with Crippen molar-refractivity contribution in [1.29, 1.82) is 10.5 Å². The van der Waals surface area contributed by atoms with Crippen molar-refractivity contribution in [3.05, 3.63) is 22.6 Å². The van der Waals surface area contributed by atoms with E-state index >= 15 is 0 Å². The molecule has 1 heterocycles. The lowest BCUT2D eigenvalue weighted by Gasteiger charge is -2.00. The Bertz CT molecular complexity index is 298. The van der Waals surface area contributed by atoms with Crippen molar-refractivity contribution in [2.45, 2.75) is 18.6 Å². The molecule has 0 N–H and O–H groups in total. The van der Waals surface area contributed by atoms with Crippen LogP contribution in [0, 0.1) is 22.7 Å². The molecule has 0 amide bonds. The molecule has 0 spiro atoms. The van der Waals surface area contributed by atoms with Crippen molar-refractivity contribution >= 4 is 11.8 Å². The van der Waals surface area contributed by atoms with Gasteiger partial charge in [-0.05, 0) is 12.5 Å². The van der Waals surface area contributed by atoms with Crippen molar-refractivity contribution in [1.82, 2.24) is 0 Å². The molecule has 1 unspecified atom stereocenters. The molecule has 0 saturated carbocycles. The van der Waals surface area contributed by atoms with Crippen LogP contribution in [0.4, 0.5) is 0 Å². The molecular weight excluding hydrogens is 168 g/mol. The summed E-state index contributed by atoms with van der Waals surface area (Å²) in [4.78, 5) is 0.812. The number of nitriles is 2. The van der Waals surface area contributed by atoms with Crippen LogP contribution in [0.3, 0.4) is 0 Å². The minimum Gasteiger partial charge on any atom is -0.192 e. The minimum absolute atomic E-state index is 0.229. The maximum Gasteiger partial charge on any atom is 0.143 e. The summed E-state index contributed by atoms with van der Waals surface area (Å²) in [5, 5.41) is 17.6. The van der Waals surface area contributed by atoms with Gasteiger partial charge in [0.25, 0.3) is 0 Å². The van der Waals surface area contributed by atoms with Gasteiger partial charge in [0.05, 0.1) is 0 Å². The summed E-state index contributed by atoms with van der Waals surface area (Å²) in [6, 6.07) is 3.77. The van der Waals surface area contributed by atoms with E-state index in [1.807, 2.05) is 24.3 Å². The van der Waals surface area contributed by atoms with Crippen molar-refractivity contribution in [2.75, 3.05) is 0 Å². The quantitative estimate of drug-likeness (QED) is 0.576. The average Bonchev–Trinajstić information content (AvgIpc) is 2.55. The monoisotopic (exact) mass is 176 g/mol. The van der Waals surface area contributed by atoms with Gasteiger partial charge >= 0.3 is 0 Å². The number of nitrogens with zero attached hydrogens (tertiary/aromatic N) is 2. The summed E-state index contributed by atoms with van der Waals surface area (Å²) in [6.45, 7) is 2.09. The molecule has 1 atom stereocenters. The molecule has 3 heteroatoms. The number of allylic oxidation sites excluding steroid dienone is 2. The maximum atomic E-state index is 8.57. The molecule has 0 fully saturated rings. The van der Waals surface area contributed by atoms with Crippen LogP contribution in [0.15, 0.2) is 22.6 Å². The Kier molecular flexibility index (Phi) is 2.96. The minimum atomic E-state index is 0.229. The van der Waals surface area contributed by atoms with Crippen LogP contribution in [-0.2, 0) is 0 Å². The van der Waals surface area contributed by atoms with Gasteiger partial charge in [0.15, 0.2) is 0 Å². The first-order valence-corrected chi connectivity index (χ1v) is 4.59. The largest absolute Gasteiger partial charge is 0.192 e. The Morgan fingerprint density at radius 3 is 2.67 bits per heavy atom. The van der Waals surface area contributed by atoms with Crippen LogP contribution in [0.1, 0.15) is 13.3 Å². The summed E-state index contributed by atoms with van der Waals surface area (Å²) in [7, 11) is 0. The Labute approximate surface area is 76.2 Å². The fraction of sp³-hybridized carbons (Fsp3) is 0.333. The van der Waals surface area contributed by atoms with Crippen molar-refractivity contribution < 1.29 is 0 Å². The third-order valence-corrected chi connectivity index (χ3v) is 3.00. The zero-order valence-electron chi connectivity index (χ0n) is 6.74. The molecule has 12 heavy (non-hydrogen) atoms. The summed E-state index contributed by atoms with van der Waals surface area (Å²) >= 11 is 1.59. The molecule has 0 radical (unpaired) electrons. The van der Waals surface area contributed by atoms with E-state index < -0.39 is 0 Å². The fourth-order valence-corrected chi connectivity index (χ4v) is 1.95. The Morgan fingerprint density at radius 1 is 1.58 bits per heavy atom. The van der Waals surface area contributed by atoms with Gasteiger partial charge < -0.3 is 0 Å². The molecule has 0 aromatic heterocycles. The van der Waals surface area contributed by atoms with Gasteiger partial charge in [-0.2, -0.15) is 10.5 Å². The second-order valence-corrected chi connectivity index (χ2v) is 3.67. The van der Waals surface area contributed by atoms with Gasteiger partial charge in [-0.1, -0.05) is 13.0 Å². The van der Waals surface area contributed by atoms with Crippen molar-refractivity contribution in [2.24, 2.45) is 0 Å². The smallest absolute Gasteiger partial charge is 0.143 e. The highest BCUT2D eigenvalue weighted by atomic mass is 32.2. The summed E-state index contributed by atoms with van der Waals surface area (Å²) < 4.78 is 0. The van der Waals surface area contributed by atoms with Gasteiger partial charge in [0.2, 0.25) is 0 Å². The highest BCUT2D eigenvalue weighted by Gasteiger charge is 2.15. The lowest BCUT2D eigenvalue weighted by atomic mass is 10.2. The third kappa shape index (κ3) is 1.69. The molecule has 0 aromatic rings. The van der Waals surface area contributed by atoms with E-state index in [1.54, 1.807) is 11.8 Å². The summed E-state index contributed by atoms with van der Waals surface area (Å²) in [6.07, 6.45) is 4.93. The second-order valence-electron chi connectivity index (χ2n) is 2.39. The topological polar surface area (TPSA) is 47.6 Å². The van der Waals surface area contributed by atoms with E-state index in [0.29, 0.717) is 5.25 Å². The van der Waals surface area contributed by atoms with Crippen LogP contribution in [0.2, 0.25) is 0 Å². The van der Waals surface area contributed by atoms with Crippen LogP contribution < -0.4 is 0 Å². The lowest BCUT2D eigenvalue weighted by molar-refractivity contribution is 0.986. The standard InChI is InChI=1S/C9H8N2S/c1-2-8-3-4-9(12-8)7(5-10)6-11/h3-4,8H,2H2,1H3. The van der Waals surface area contributed by atoms with E-state index in [9.17, 15) is 0 Å². The molecule has 0 aromatic carbocycles. The van der Waals surface area contributed by atoms with E-state index in [4.69, 9.17) is 10.5 Å². The summed E-state index contributed by atoms with van der Waals surface area (Å²) in [5.41, 5.74) is 0.229. The van der Waals surface area contributed by atoms with E-state index in [0.717, 1.165) is 11.3 Å². The Hall–Kier alpha value is -1.19. The first kappa shape index (κ1) is 8.90. The summed E-state index contributed by atoms with van der Waals surface area (Å²) in [5.74, 6) is 0. The first-order valence-electron chi connectivity index (χ1n) is 3.71. The number of hydrogen-bond donors (Lipinski definition) is 0. The van der Waals surface area contributed by atoms with Crippen molar-refractivity contribution in [3.63, 3.8) is 0 Å². The van der Waals surface area contributed by atoms with Gasteiger partial charge in [0, 0.05) is 10.2 Å². The lowest BCUT2D eigenvalue weighted by Crippen LogP contribution is -1.88. The SMILES string of the molecule is CCC1C=CC(=C(C#N)C#N)S1. The molecule has 0 bridgehead atoms.